The van der Waals surface area contributed by atoms with Crippen molar-refractivity contribution >= 4 is 15.3 Å². The average Bonchev–Trinajstić information content (AvgIpc) is 2.37. The van der Waals surface area contributed by atoms with Gasteiger partial charge in [0.2, 0.25) is 0 Å². The first-order valence-corrected chi connectivity index (χ1v) is 8.53. The molecule has 0 saturated heterocycles. The van der Waals surface area contributed by atoms with Crippen LogP contribution in [-0.4, -0.2) is 35.1 Å². The van der Waals surface area contributed by atoms with Gasteiger partial charge in [0.1, 0.15) is 0 Å². The molecule has 0 amide bonds. The molecule has 0 aromatic rings. The first kappa shape index (κ1) is 17.3. The molecule has 0 bridgehead atoms. The van der Waals surface area contributed by atoms with Crippen LogP contribution < -0.4 is 0 Å². The summed E-state index contributed by atoms with van der Waals surface area (Å²) in [6.07, 6.45) is 5.93. The summed E-state index contributed by atoms with van der Waals surface area (Å²) in [7, 11) is -1.56. The van der Waals surface area contributed by atoms with Crippen molar-refractivity contribution < 1.29 is 18.4 Å². The lowest BCUT2D eigenvalue weighted by Gasteiger charge is -2.15. The van der Waals surface area contributed by atoms with Crippen LogP contribution in [0.4, 0.5) is 0 Å². The molecular formula is C13H26O4Si. The van der Waals surface area contributed by atoms with Crippen LogP contribution in [0, 0.1) is 0 Å². The van der Waals surface area contributed by atoms with Gasteiger partial charge in [-0.15, -0.1) is 0 Å². The number of esters is 1. The molecule has 0 rings (SSSR count). The second-order valence-corrected chi connectivity index (χ2v) is 6.08. The molecule has 5 heteroatoms. The van der Waals surface area contributed by atoms with Crippen molar-refractivity contribution in [1.29, 1.82) is 0 Å². The van der Waals surface area contributed by atoms with Crippen LogP contribution in [-0.2, 0) is 18.4 Å². The van der Waals surface area contributed by atoms with Crippen LogP contribution in [0.25, 0.3) is 0 Å². The molecule has 0 N–H and O–H groups in total. The number of rotatable bonds is 11. The van der Waals surface area contributed by atoms with Crippen LogP contribution in [0.1, 0.15) is 40.0 Å². The molecule has 0 aliphatic carbocycles. The summed E-state index contributed by atoms with van der Waals surface area (Å²) in [4.78, 5) is 11.1. The summed E-state index contributed by atoms with van der Waals surface area (Å²) in [5.41, 5.74) is 0. The highest BCUT2D eigenvalue weighted by Gasteiger charge is 2.12. The maximum atomic E-state index is 11.1. The number of carbonyl (C=O) groups excluding carboxylic acids is 1. The Bertz CT molecular complexity index is 223. The van der Waals surface area contributed by atoms with Crippen molar-refractivity contribution in [2.75, 3.05) is 19.8 Å². The van der Waals surface area contributed by atoms with Gasteiger partial charge in [0.15, 0.2) is 0 Å². The van der Waals surface area contributed by atoms with E-state index in [1.165, 1.54) is 6.08 Å². The van der Waals surface area contributed by atoms with Crippen molar-refractivity contribution in [3.8, 4) is 0 Å². The molecule has 4 nitrogen and oxygen atoms in total. The minimum absolute atomic E-state index is 0.278. The van der Waals surface area contributed by atoms with E-state index < -0.39 is 9.28 Å². The van der Waals surface area contributed by atoms with Crippen molar-refractivity contribution in [2.24, 2.45) is 0 Å². The predicted molar refractivity (Wildman–Crippen MR) is 74.8 cm³/mol. The Balaban J connectivity index is 3.70. The third-order valence-corrected chi connectivity index (χ3v) is 4.24. The Morgan fingerprint density at radius 3 is 2.22 bits per heavy atom. The van der Waals surface area contributed by atoms with Gasteiger partial charge in [0.25, 0.3) is 0 Å². The van der Waals surface area contributed by atoms with Crippen LogP contribution in [0.5, 0.6) is 0 Å². The van der Waals surface area contributed by atoms with Gasteiger partial charge in [-0.25, -0.2) is 4.79 Å². The summed E-state index contributed by atoms with van der Waals surface area (Å²) in [6.45, 7) is 7.94. The Morgan fingerprint density at radius 2 is 1.72 bits per heavy atom. The lowest BCUT2D eigenvalue weighted by Crippen LogP contribution is -2.24. The molecule has 0 spiro atoms. The van der Waals surface area contributed by atoms with Gasteiger partial charge in [-0.3, -0.25) is 0 Å². The third-order valence-electron chi connectivity index (χ3n) is 2.15. The standard InChI is InChI=1S/C13H26O4Si/c1-4-8-13(14)15-11-7-12-18(16-9-5-2)17-10-6-3/h4,8,18H,5-7,9-12H2,1-3H3. The molecule has 0 fully saturated rings. The minimum atomic E-state index is -1.56. The maximum Gasteiger partial charge on any atom is 0.330 e. The molecule has 0 aromatic carbocycles. The Morgan fingerprint density at radius 1 is 1.11 bits per heavy atom. The smallest absolute Gasteiger partial charge is 0.330 e. The van der Waals surface area contributed by atoms with E-state index in [0.29, 0.717) is 6.61 Å². The molecule has 0 aromatic heterocycles. The van der Waals surface area contributed by atoms with E-state index in [1.807, 2.05) is 0 Å². The van der Waals surface area contributed by atoms with E-state index in [0.717, 1.165) is 38.5 Å². The summed E-state index contributed by atoms with van der Waals surface area (Å²) in [5.74, 6) is -0.278. The number of hydrogen-bond acceptors (Lipinski definition) is 4. The lowest BCUT2D eigenvalue weighted by atomic mass is 10.5. The molecular weight excluding hydrogens is 248 g/mol. The number of ether oxygens (including phenoxy) is 1. The van der Waals surface area contributed by atoms with Gasteiger partial charge in [0.05, 0.1) is 6.61 Å². The number of allylic oxidation sites excluding steroid dienone is 1. The molecule has 0 heterocycles. The van der Waals surface area contributed by atoms with Crippen LogP contribution in [0.3, 0.4) is 0 Å². The first-order chi connectivity index (χ1) is 8.74. The van der Waals surface area contributed by atoms with Gasteiger partial charge in [-0.2, -0.15) is 0 Å². The molecule has 18 heavy (non-hydrogen) atoms. The zero-order chi connectivity index (χ0) is 13.6. The topological polar surface area (TPSA) is 44.8 Å². The quantitative estimate of drug-likeness (QED) is 0.251. The number of hydrogen-bond donors (Lipinski definition) is 0. The second-order valence-electron chi connectivity index (χ2n) is 3.98. The SMILES string of the molecule is CC=CC(=O)OCCC[SiH](OCCC)OCCC. The molecule has 0 aliphatic rings. The summed E-state index contributed by atoms with van der Waals surface area (Å²) < 4.78 is 16.4. The zero-order valence-corrected chi connectivity index (χ0v) is 13.0. The maximum absolute atomic E-state index is 11.1. The third kappa shape index (κ3) is 10.5. The number of carbonyl (C=O) groups is 1. The van der Waals surface area contributed by atoms with Gasteiger partial charge in [-0.05, 0) is 32.2 Å². The lowest BCUT2D eigenvalue weighted by molar-refractivity contribution is -0.137. The molecule has 0 radical (unpaired) electrons. The van der Waals surface area contributed by atoms with Gasteiger partial charge >= 0.3 is 15.3 Å². The predicted octanol–water partition coefficient (Wildman–Crippen LogP) is 2.57. The van der Waals surface area contributed by atoms with Crippen LogP contribution in [0.15, 0.2) is 12.2 Å². The first-order valence-electron chi connectivity index (χ1n) is 6.77. The second kappa shape index (κ2) is 12.8. The molecule has 0 atom stereocenters. The van der Waals surface area contributed by atoms with Gasteiger partial charge < -0.3 is 13.6 Å². The van der Waals surface area contributed by atoms with E-state index in [2.05, 4.69) is 13.8 Å². The van der Waals surface area contributed by atoms with Crippen LogP contribution in [0.2, 0.25) is 6.04 Å². The highest BCUT2D eigenvalue weighted by atomic mass is 28.3. The van der Waals surface area contributed by atoms with Crippen molar-refractivity contribution in [2.45, 2.75) is 46.1 Å². The molecule has 0 saturated carbocycles. The Kier molecular flexibility index (Phi) is 12.3. The summed E-state index contributed by atoms with van der Waals surface area (Å²) >= 11 is 0. The highest BCUT2D eigenvalue weighted by Crippen LogP contribution is 2.04. The fourth-order valence-electron chi connectivity index (χ4n) is 1.32. The van der Waals surface area contributed by atoms with Crippen molar-refractivity contribution in [3.05, 3.63) is 12.2 Å². The van der Waals surface area contributed by atoms with E-state index in [-0.39, 0.29) is 5.97 Å². The average molecular weight is 274 g/mol. The fraction of sp³-hybridized carbons (Fsp3) is 0.769. The normalized spacial score (nSPS) is 11.3. The Hall–Kier alpha value is -0.653. The fourth-order valence-corrected chi connectivity index (χ4v) is 3.25. The molecule has 0 aliphatic heterocycles. The summed E-state index contributed by atoms with van der Waals surface area (Å²) in [5, 5.41) is 0. The van der Waals surface area contributed by atoms with Gasteiger partial charge in [0, 0.05) is 19.3 Å². The van der Waals surface area contributed by atoms with Crippen LogP contribution >= 0.6 is 0 Å². The van der Waals surface area contributed by atoms with Crippen molar-refractivity contribution in [3.63, 3.8) is 0 Å². The Labute approximate surface area is 112 Å². The van der Waals surface area contributed by atoms with Gasteiger partial charge in [-0.1, -0.05) is 19.9 Å². The van der Waals surface area contributed by atoms with E-state index in [1.54, 1.807) is 13.0 Å². The van der Waals surface area contributed by atoms with Crippen molar-refractivity contribution in [1.82, 2.24) is 0 Å². The zero-order valence-electron chi connectivity index (χ0n) is 11.8. The monoisotopic (exact) mass is 274 g/mol. The van der Waals surface area contributed by atoms with E-state index in [9.17, 15) is 4.79 Å². The minimum Gasteiger partial charge on any atom is -0.463 e. The summed E-state index contributed by atoms with van der Waals surface area (Å²) in [6, 6.07) is 0.892. The molecule has 106 valence electrons. The molecule has 0 unspecified atom stereocenters. The van der Waals surface area contributed by atoms with E-state index in [4.69, 9.17) is 13.6 Å². The largest absolute Gasteiger partial charge is 0.463 e. The van der Waals surface area contributed by atoms with E-state index >= 15 is 0 Å². The highest BCUT2D eigenvalue weighted by molar-refractivity contribution is 6.44.